The van der Waals surface area contributed by atoms with Crippen LogP contribution in [0.1, 0.15) is 23.5 Å². The fourth-order valence-electron chi connectivity index (χ4n) is 3.23. The number of alkyl halides is 3. The highest BCUT2D eigenvalue weighted by Crippen LogP contribution is 2.49. The molecule has 0 N–H and O–H groups in total. The van der Waals surface area contributed by atoms with Crippen LogP contribution in [-0.4, -0.2) is 56.0 Å². The lowest BCUT2D eigenvalue weighted by Crippen LogP contribution is -2.50. The summed E-state index contributed by atoms with van der Waals surface area (Å²) >= 11 is 0. The normalized spacial score (nSPS) is 25.0. The van der Waals surface area contributed by atoms with Crippen molar-refractivity contribution in [3.05, 3.63) is 35.4 Å². The molecule has 25 heavy (non-hydrogen) atoms. The molecule has 2 unspecified atom stereocenters. The van der Waals surface area contributed by atoms with Gasteiger partial charge in [0.1, 0.15) is 0 Å². The maximum atomic E-state index is 12.6. The Morgan fingerprint density at radius 2 is 1.64 bits per heavy atom. The molecule has 3 rings (SSSR count). The smallest absolute Gasteiger partial charge is 0.340 e. The Kier molecular flexibility index (Phi) is 4.57. The van der Waals surface area contributed by atoms with Crippen molar-refractivity contribution >= 4 is 15.9 Å². The minimum atomic E-state index is -4.36. The van der Waals surface area contributed by atoms with Gasteiger partial charge in [0.15, 0.2) is 0 Å². The van der Waals surface area contributed by atoms with Crippen LogP contribution in [0.5, 0.6) is 0 Å². The summed E-state index contributed by atoms with van der Waals surface area (Å²) in [7, 11) is -3.25. The second-order valence-corrected chi connectivity index (χ2v) is 8.54. The van der Waals surface area contributed by atoms with Crippen LogP contribution < -0.4 is 0 Å². The summed E-state index contributed by atoms with van der Waals surface area (Å²) in [6.45, 7) is 1.26. The number of sulfonamides is 1. The zero-order valence-electron chi connectivity index (χ0n) is 13.7. The Morgan fingerprint density at radius 3 is 2.12 bits per heavy atom. The number of carbonyl (C=O) groups is 1. The van der Waals surface area contributed by atoms with Crippen LogP contribution in [-0.2, 0) is 21.0 Å². The van der Waals surface area contributed by atoms with Crippen LogP contribution >= 0.6 is 0 Å². The summed E-state index contributed by atoms with van der Waals surface area (Å²) in [6, 6.07) is 4.95. The summed E-state index contributed by atoms with van der Waals surface area (Å²) in [4.78, 5) is 14.2. The molecule has 1 saturated heterocycles. The molecular weight excluding hydrogens is 357 g/mol. The summed E-state index contributed by atoms with van der Waals surface area (Å²) < 4.78 is 62.1. The van der Waals surface area contributed by atoms with Gasteiger partial charge in [-0.15, -0.1) is 0 Å². The van der Waals surface area contributed by atoms with Crippen molar-refractivity contribution in [1.29, 1.82) is 0 Å². The quantitative estimate of drug-likeness (QED) is 0.810. The van der Waals surface area contributed by atoms with Crippen molar-refractivity contribution < 1.29 is 26.4 Å². The molecule has 0 aromatic heterocycles. The van der Waals surface area contributed by atoms with Crippen molar-refractivity contribution in [2.45, 2.75) is 18.5 Å². The van der Waals surface area contributed by atoms with Gasteiger partial charge in [0, 0.05) is 32.1 Å². The minimum Gasteiger partial charge on any atom is -0.340 e. The maximum Gasteiger partial charge on any atom is 0.416 e. The first-order chi connectivity index (χ1) is 11.6. The summed E-state index contributed by atoms with van der Waals surface area (Å²) in [6.07, 6.45) is -2.60. The molecule has 9 heteroatoms. The summed E-state index contributed by atoms with van der Waals surface area (Å²) in [5.74, 6) is -0.317. The van der Waals surface area contributed by atoms with Crippen molar-refractivity contribution in [2.75, 3.05) is 32.4 Å². The van der Waals surface area contributed by atoms with Gasteiger partial charge >= 0.3 is 6.18 Å². The summed E-state index contributed by atoms with van der Waals surface area (Å²) in [5, 5.41) is 0. The maximum absolute atomic E-state index is 12.6. The molecule has 1 heterocycles. The Hall–Kier alpha value is -1.61. The largest absolute Gasteiger partial charge is 0.416 e. The fraction of sp³-hybridized carbons (Fsp3) is 0.562. The third-order valence-corrected chi connectivity index (χ3v) is 6.10. The molecular formula is C16H19F3N2O3S. The standard InChI is InChI=1S/C16H19F3N2O3S/c1-25(23,24)21-8-6-20(7-9-21)15(22)14-10-13(14)11-2-4-12(5-3-11)16(17,18)19/h2-5,13-14H,6-10H2,1H3. The molecule has 1 amide bonds. The topological polar surface area (TPSA) is 57.7 Å². The monoisotopic (exact) mass is 376 g/mol. The number of nitrogens with zero attached hydrogens (tertiary/aromatic N) is 2. The lowest BCUT2D eigenvalue weighted by atomic mass is 10.1. The minimum absolute atomic E-state index is 0.0435. The molecule has 0 spiro atoms. The second-order valence-electron chi connectivity index (χ2n) is 6.56. The predicted molar refractivity (Wildman–Crippen MR) is 85.3 cm³/mol. The molecule has 5 nitrogen and oxygen atoms in total. The van der Waals surface area contributed by atoms with E-state index in [1.165, 1.54) is 16.4 Å². The second kappa shape index (κ2) is 6.28. The number of piperazine rings is 1. The Morgan fingerprint density at radius 1 is 1.08 bits per heavy atom. The van der Waals surface area contributed by atoms with Gasteiger partial charge in [-0.05, 0) is 30.0 Å². The number of rotatable bonds is 3. The number of benzene rings is 1. The lowest BCUT2D eigenvalue weighted by molar-refractivity contribution is -0.137. The van der Waals surface area contributed by atoms with Gasteiger partial charge in [0.05, 0.1) is 11.8 Å². The van der Waals surface area contributed by atoms with E-state index in [0.717, 1.165) is 24.0 Å². The number of hydrogen-bond donors (Lipinski definition) is 0. The van der Waals surface area contributed by atoms with Crippen molar-refractivity contribution in [3.63, 3.8) is 0 Å². The van der Waals surface area contributed by atoms with E-state index in [1.54, 1.807) is 4.90 Å². The highest BCUT2D eigenvalue weighted by Gasteiger charge is 2.46. The average molecular weight is 376 g/mol. The van der Waals surface area contributed by atoms with E-state index in [9.17, 15) is 26.4 Å². The summed E-state index contributed by atoms with van der Waals surface area (Å²) in [5.41, 5.74) is 0.0396. The Balaban J connectivity index is 1.58. The number of hydrogen-bond acceptors (Lipinski definition) is 3. The zero-order valence-corrected chi connectivity index (χ0v) is 14.5. The molecule has 2 atom stereocenters. The Bertz CT molecular complexity index is 754. The molecule has 138 valence electrons. The highest BCUT2D eigenvalue weighted by molar-refractivity contribution is 7.88. The van der Waals surface area contributed by atoms with Crippen molar-refractivity contribution in [3.8, 4) is 0 Å². The fourth-order valence-corrected chi connectivity index (χ4v) is 4.06. The third kappa shape index (κ3) is 3.98. The van der Waals surface area contributed by atoms with Crippen LogP contribution in [0, 0.1) is 5.92 Å². The molecule has 1 aromatic carbocycles. The van der Waals surface area contributed by atoms with Gasteiger partial charge in [-0.3, -0.25) is 4.79 Å². The van der Waals surface area contributed by atoms with E-state index < -0.39 is 21.8 Å². The van der Waals surface area contributed by atoms with E-state index in [0.29, 0.717) is 19.5 Å². The molecule has 0 bridgehead atoms. The predicted octanol–water partition coefficient (Wildman–Crippen LogP) is 1.91. The highest BCUT2D eigenvalue weighted by atomic mass is 32.2. The molecule has 1 saturated carbocycles. The van der Waals surface area contributed by atoms with Crippen molar-refractivity contribution in [2.24, 2.45) is 5.92 Å². The van der Waals surface area contributed by atoms with Crippen LogP contribution in [0.15, 0.2) is 24.3 Å². The average Bonchev–Trinajstić information content (AvgIpc) is 3.33. The van der Waals surface area contributed by atoms with Gasteiger partial charge in [-0.25, -0.2) is 8.42 Å². The van der Waals surface area contributed by atoms with Gasteiger partial charge in [-0.2, -0.15) is 17.5 Å². The van der Waals surface area contributed by atoms with Crippen LogP contribution in [0.25, 0.3) is 0 Å². The first-order valence-corrected chi connectivity index (χ1v) is 9.83. The van der Waals surface area contributed by atoms with Crippen molar-refractivity contribution in [1.82, 2.24) is 9.21 Å². The molecule has 1 aromatic rings. The molecule has 2 fully saturated rings. The molecule has 2 aliphatic rings. The van der Waals surface area contributed by atoms with Crippen LogP contribution in [0.4, 0.5) is 13.2 Å². The SMILES string of the molecule is CS(=O)(=O)N1CCN(C(=O)C2CC2c2ccc(C(F)(F)F)cc2)CC1. The first kappa shape index (κ1) is 18.2. The van der Waals surface area contributed by atoms with E-state index in [-0.39, 0.29) is 30.8 Å². The van der Waals surface area contributed by atoms with E-state index in [1.807, 2.05) is 0 Å². The molecule has 0 radical (unpaired) electrons. The van der Waals surface area contributed by atoms with E-state index in [4.69, 9.17) is 0 Å². The Labute approximate surface area is 144 Å². The van der Waals surface area contributed by atoms with Gasteiger partial charge in [0.25, 0.3) is 0 Å². The van der Waals surface area contributed by atoms with E-state index in [2.05, 4.69) is 0 Å². The lowest BCUT2D eigenvalue weighted by Gasteiger charge is -2.33. The van der Waals surface area contributed by atoms with Crippen LogP contribution in [0.2, 0.25) is 0 Å². The van der Waals surface area contributed by atoms with E-state index >= 15 is 0 Å². The van der Waals surface area contributed by atoms with Crippen LogP contribution in [0.3, 0.4) is 0 Å². The molecule has 1 aliphatic carbocycles. The van der Waals surface area contributed by atoms with Gasteiger partial charge in [-0.1, -0.05) is 12.1 Å². The zero-order chi connectivity index (χ0) is 18.4. The molecule has 1 aliphatic heterocycles. The first-order valence-electron chi connectivity index (χ1n) is 7.98. The van der Waals surface area contributed by atoms with Gasteiger partial charge in [0.2, 0.25) is 15.9 Å². The third-order valence-electron chi connectivity index (χ3n) is 4.79. The number of halogens is 3. The number of carbonyl (C=O) groups excluding carboxylic acids is 1. The number of amides is 1. The van der Waals surface area contributed by atoms with Gasteiger partial charge < -0.3 is 4.90 Å².